The zero-order chi connectivity index (χ0) is 32.4. The molecule has 0 bridgehead atoms. The highest BCUT2D eigenvalue weighted by molar-refractivity contribution is 7.90. The normalized spacial score (nSPS) is 18.7. The van der Waals surface area contributed by atoms with E-state index in [1.807, 2.05) is 6.07 Å². The van der Waals surface area contributed by atoms with E-state index in [0.29, 0.717) is 30.4 Å². The Morgan fingerprint density at radius 2 is 1.67 bits per heavy atom. The van der Waals surface area contributed by atoms with Gasteiger partial charge in [-0.05, 0) is 93.8 Å². The van der Waals surface area contributed by atoms with Crippen LogP contribution in [-0.2, 0) is 14.8 Å². The molecule has 0 aliphatic carbocycles. The monoisotopic (exact) mass is 642 g/mol. The number of amides is 1. The number of likely N-dealkylation sites (tertiary alicyclic amines) is 2. The topological polar surface area (TPSA) is 130 Å². The summed E-state index contributed by atoms with van der Waals surface area (Å²) in [6, 6.07) is 20.5. The average molecular weight is 643 g/mol. The molecule has 46 heavy (non-hydrogen) atoms. The van der Waals surface area contributed by atoms with Crippen LogP contribution in [0.15, 0.2) is 82.5 Å². The Morgan fingerprint density at radius 3 is 2.35 bits per heavy atom. The van der Waals surface area contributed by atoms with E-state index < -0.39 is 21.8 Å². The number of carbonyl (C=O) groups is 1. The molecule has 2 aliphatic heterocycles. The van der Waals surface area contributed by atoms with Gasteiger partial charge in [-0.15, -0.1) is 0 Å². The van der Waals surface area contributed by atoms with Gasteiger partial charge >= 0.3 is 5.69 Å². The zero-order valence-electron chi connectivity index (χ0n) is 26.0. The summed E-state index contributed by atoms with van der Waals surface area (Å²) in [5.41, 5.74) is 0.152. The maximum Gasteiger partial charge on any atom is 0.344 e. The summed E-state index contributed by atoms with van der Waals surface area (Å²) < 4.78 is 35.3. The first-order valence-corrected chi connectivity index (χ1v) is 17.0. The summed E-state index contributed by atoms with van der Waals surface area (Å²) in [6.07, 6.45) is 3.84. The molecule has 1 unspecified atom stereocenters. The Kier molecular flexibility index (Phi) is 8.99. The molecule has 1 aromatic heterocycles. The van der Waals surface area contributed by atoms with E-state index in [4.69, 9.17) is 4.74 Å². The minimum absolute atomic E-state index is 0.0778. The highest BCUT2D eigenvalue weighted by atomic mass is 32.2. The number of hydrogen-bond donors (Lipinski definition) is 1. The van der Waals surface area contributed by atoms with Gasteiger partial charge in [-0.25, -0.2) is 13.2 Å². The number of nitrogens with zero attached hydrogens (tertiary/aromatic N) is 5. The number of carbonyl (C=O) groups excluding carboxylic acids is 1. The van der Waals surface area contributed by atoms with E-state index in [1.54, 1.807) is 29.2 Å². The average Bonchev–Trinajstić information content (AvgIpc) is 3.37. The molecule has 3 aromatic carbocycles. The Bertz CT molecular complexity index is 1920. The van der Waals surface area contributed by atoms with E-state index in [1.165, 1.54) is 54.1 Å². The first-order valence-electron chi connectivity index (χ1n) is 15.6. The maximum absolute atomic E-state index is 14.6. The lowest BCUT2D eigenvalue weighted by Crippen LogP contribution is -2.54. The molecule has 12 heteroatoms. The van der Waals surface area contributed by atoms with Crippen molar-refractivity contribution in [3.05, 3.63) is 94.4 Å². The molecule has 0 spiro atoms. The fourth-order valence-electron chi connectivity index (χ4n) is 6.63. The van der Waals surface area contributed by atoms with E-state index in [-0.39, 0.29) is 33.4 Å². The molecule has 2 saturated heterocycles. The summed E-state index contributed by atoms with van der Waals surface area (Å²) in [5, 5.41) is 13.5. The summed E-state index contributed by atoms with van der Waals surface area (Å²) in [4.78, 5) is 33.1. The number of fused-ring (bicyclic) bond motifs is 1. The lowest BCUT2D eigenvalue weighted by Gasteiger charge is -2.39. The van der Waals surface area contributed by atoms with Crippen LogP contribution in [-0.4, -0.2) is 85.1 Å². The number of hydrogen-bond acceptors (Lipinski definition) is 8. The molecule has 4 aromatic rings. The highest BCUT2D eigenvalue weighted by Crippen LogP contribution is 2.29. The van der Waals surface area contributed by atoms with Crippen LogP contribution in [0.25, 0.3) is 11.0 Å². The SMILES string of the molecule is COc1ccc(S(=O)(=O)n2c(=O)n(C(C(=O)N3CCC[C@H](NC4CCN(C)CC4)C3)c3ccccc3)c3cc(C#N)ccc32)cc1. The third kappa shape index (κ3) is 6.06. The van der Waals surface area contributed by atoms with Crippen LogP contribution in [0.1, 0.15) is 42.9 Å². The van der Waals surface area contributed by atoms with Gasteiger partial charge in [0.15, 0.2) is 0 Å². The second kappa shape index (κ2) is 13.1. The maximum atomic E-state index is 14.6. The zero-order valence-corrected chi connectivity index (χ0v) is 26.8. The number of aromatic nitrogens is 2. The molecule has 1 amide bonds. The van der Waals surface area contributed by atoms with Gasteiger partial charge in [-0.2, -0.15) is 9.23 Å². The van der Waals surface area contributed by atoms with Gasteiger partial charge in [0.25, 0.3) is 15.9 Å². The molecule has 3 heterocycles. The van der Waals surface area contributed by atoms with E-state index in [2.05, 4.69) is 23.3 Å². The van der Waals surface area contributed by atoms with Crippen molar-refractivity contribution in [2.75, 3.05) is 40.3 Å². The van der Waals surface area contributed by atoms with E-state index in [9.17, 15) is 23.3 Å². The summed E-state index contributed by atoms with van der Waals surface area (Å²) >= 11 is 0. The Balaban J connectivity index is 1.45. The van der Waals surface area contributed by atoms with Gasteiger partial charge in [0.05, 0.1) is 34.7 Å². The van der Waals surface area contributed by atoms with Gasteiger partial charge in [0, 0.05) is 25.2 Å². The van der Waals surface area contributed by atoms with Crippen molar-refractivity contribution in [1.29, 1.82) is 5.26 Å². The van der Waals surface area contributed by atoms with Crippen LogP contribution in [0, 0.1) is 11.3 Å². The molecule has 2 fully saturated rings. The number of ether oxygens (including phenoxy) is 1. The van der Waals surface area contributed by atoms with Crippen LogP contribution < -0.4 is 15.7 Å². The molecule has 1 N–H and O–H groups in total. The Hall–Kier alpha value is -4.44. The van der Waals surface area contributed by atoms with Crippen LogP contribution in [0.4, 0.5) is 0 Å². The predicted octanol–water partition coefficient (Wildman–Crippen LogP) is 3.18. The third-order valence-corrected chi connectivity index (χ3v) is 10.8. The molecule has 240 valence electrons. The van der Waals surface area contributed by atoms with Gasteiger partial charge < -0.3 is 19.9 Å². The molecule has 2 atom stereocenters. The van der Waals surface area contributed by atoms with Crippen molar-refractivity contribution in [2.24, 2.45) is 0 Å². The van der Waals surface area contributed by atoms with Crippen molar-refractivity contribution in [3.63, 3.8) is 0 Å². The Morgan fingerprint density at radius 1 is 0.957 bits per heavy atom. The highest BCUT2D eigenvalue weighted by Gasteiger charge is 2.36. The molecule has 0 saturated carbocycles. The van der Waals surface area contributed by atoms with Crippen LogP contribution in [0.3, 0.4) is 0 Å². The van der Waals surface area contributed by atoms with Crippen molar-refractivity contribution < 1.29 is 17.9 Å². The second-order valence-corrected chi connectivity index (χ2v) is 13.9. The van der Waals surface area contributed by atoms with E-state index >= 15 is 0 Å². The number of piperidine rings is 2. The lowest BCUT2D eigenvalue weighted by atomic mass is 9.98. The first kappa shape index (κ1) is 31.5. The van der Waals surface area contributed by atoms with Crippen molar-refractivity contribution in [2.45, 2.75) is 48.7 Å². The quantitative estimate of drug-likeness (QED) is 0.310. The molecule has 2 aliphatic rings. The first-order chi connectivity index (χ1) is 22.2. The number of imidazole rings is 1. The van der Waals surface area contributed by atoms with Gasteiger partial charge in [0.1, 0.15) is 11.8 Å². The lowest BCUT2D eigenvalue weighted by molar-refractivity contribution is -0.135. The van der Waals surface area contributed by atoms with Gasteiger partial charge in [-0.3, -0.25) is 9.36 Å². The summed E-state index contributed by atoms with van der Waals surface area (Å²) in [6.45, 7) is 3.06. The van der Waals surface area contributed by atoms with Crippen molar-refractivity contribution in [1.82, 2.24) is 23.7 Å². The number of benzene rings is 3. The van der Waals surface area contributed by atoms with E-state index in [0.717, 1.165) is 42.7 Å². The fraction of sp³-hybridized carbons (Fsp3) is 0.382. The molecular weight excluding hydrogens is 604 g/mol. The summed E-state index contributed by atoms with van der Waals surface area (Å²) in [7, 11) is -0.805. The number of rotatable bonds is 8. The largest absolute Gasteiger partial charge is 0.497 e. The summed E-state index contributed by atoms with van der Waals surface area (Å²) in [5.74, 6) is 0.165. The van der Waals surface area contributed by atoms with Gasteiger partial charge in [-0.1, -0.05) is 30.3 Å². The number of methoxy groups -OCH3 is 1. The van der Waals surface area contributed by atoms with Crippen molar-refractivity contribution >= 4 is 27.0 Å². The minimum Gasteiger partial charge on any atom is -0.497 e. The number of nitriles is 1. The predicted molar refractivity (Wildman–Crippen MR) is 174 cm³/mol. The molecule has 11 nitrogen and oxygen atoms in total. The van der Waals surface area contributed by atoms with Crippen LogP contribution >= 0.6 is 0 Å². The molecule has 6 rings (SSSR count). The second-order valence-electron chi connectivity index (χ2n) is 12.1. The molecule has 0 radical (unpaired) electrons. The van der Waals surface area contributed by atoms with Crippen LogP contribution in [0.2, 0.25) is 0 Å². The third-order valence-electron chi connectivity index (χ3n) is 9.09. The standard InChI is InChI=1S/C34H38N6O5S/c1-37-19-16-26(17-20-37)36-27-9-6-18-38(23-27)33(41)32(25-7-4-3-5-8-25)39-31-21-24(22-35)10-15-30(31)40(34(39)42)46(43,44)29-13-11-28(45-2)12-14-29/h3-5,7-8,10-15,21,26-27,32,36H,6,9,16-20,23H2,1-2H3/t27-,32?/m0/s1. The van der Waals surface area contributed by atoms with Gasteiger partial charge in [0.2, 0.25) is 0 Å². The fourth-order valence-corrected chi connectivity index (χ4v) is 8.03. The Labute approximate surface area is 268 Å². The minimum atomic E-state index is -4.41. The number of nitrogens with one attached hydrogen (secondary N) is 1. The van der Waals surface area contributed by atoms with Crippen LogP contribution in [0.5, 0.6) is 5.75 Å². The van der Waals surface area contributed by atoms with Crippen molar-refractivity contribution in [3.8, 4) is 11.8 Å². The smallest absolute Gasteiger partial charge is 0.344 e. The molecular formula is C34H38N6O5S.